The van der Waals surface area contributed by atoms with Crippen molar-refractivity contribution in [1.29, 1.82) is 0 Å². The van der Waals surface area contributed by atoms with Crippen LogP contribution in [0.4, 0.5) is 4.39 Å². The average molecular weight is 281 g/mol. The van der Waals surface area contributed by atoms with Gasteiger partial charge in [-0.3, -0.25) is 0 Å². The third-order valence-corrected chi connectivity index (χ3v) is 3.86. The second-order valence-electron chi connectivity index (χ2n) is 6.06. The van der Waals surface area contributed by atoms with E-state index in [0.29, 0.717) is 11.5 Å². The van der Waals surface area contributed by atoms with Gasteiger partial charge in [0.15, 0.2) is 11.6 Å². The summed E-state index contributed by atoms with van der Waals surface area (Å²) in [5, 5.41) is 13.2. The molecule has 0 aliphatic heterocycles. The third-order valence-electron chi connectivity index (χ3n) is 3.86. The maximum atomic E-state index is 14.0. The molecule has 0 saturated heterocycles. The first kappa shape index (κ1) is 15.3. The highest BCUT2D eigenvalue weighted by atomic mass is 19.1. The summed E-state index contributed by atoms with van der Waals surface area (Å²) in [5.41, 5.74) is 0.102. The second kappa shape index (κ2) is 6.10. The molecule has 0 aromatic heterocycles. The van der Waals surface area contributed by atoms with E-state index in [1.165, 1.54) is 0 Å². The van der Waals surface area contributed by atoms with Crippen LogP contribution in [0.2, 0.25) is 0 Å². The Morgan fingerprint density at radius 1 is 1.45 bits per heavy atom. The smallest absolute Gasteiger partial charge is 0.167 e. The maximum Gasteiger partial charge on any atom is 0.167 e. The number of halogens is 1. The van der Waals surface area contributed by atoms with Gasteiger partial charge in [0.1, 0.15) is 6.61 Å². The number of nitrogens with one attached hydrogen (secondary N) is 1. The van der Waals surface area contributed by atoms with Crippen molar-refractivity contribution in [3.05, 3.63) is 29.6 Å². The largest absolute Gasteiger partial charge is 0.488 e. The molecule has 0 spiro atoms. The Hall–Kier alpha value is -1.13. The van der Waals surface area contributed by atoms with Crippen molar-refractivity contribution in [2.75, 3.05) is 13.2 Å². The Morgan fingerprint density at radius 3 is 2.70 bits per heavy atom. The molecule has 1 aliphatic rings. The molecule has 1 fully saturated rings. The number of aliphatic hydroxyl groups excluding tert-OH is 1. The third kappa shape index (κ3) is 3.30. The van der Waals surface area contributed by atoms with E-state index in [-0.39, 0.29) is 30.8 Å². The monoisotopic (exact) mass is 281 g/mol. The minimum Gasteiger partial charge on any atom is -0.488 e. The summed E-state index contributed by atoms with van der Waals surface area (Å²) in [6.07, 6.45) is 2.17. The van der Waals surface area contributed by atoms with E-state index in [1.54, 1.807) is 25.1 Å². The topological polar surface area (TPSA) is 41.5 Å². The molecule has 1 aromatic rings. The zero-order valence-electron chi connectivity index (χ0n) is 12.4. The van der Waals surface area contributed by atoms with Crippen LogP contribution >= 0.6 is 0 Å². The van der Waals surface area contributed by atoms with Crippen molar-refractivity contribution >= 4 is 0 Å². The Morgan fingerprint density at radius 2 is 2.15 bits per heavy atom. The molecular formula is C16H24FNO2. The Balaban J connectivity index is 2.10. The fourth-order valence-corrected chi connectivity index (χ4v) is 2.65. The van der Waals surface area contributed by atoms with Crippen molar-refractivity contribution in [2.24, 2.45) is 5.92 Å². The summed E-state index contributed by atoms with van der Waals surface area (Å²) < 4.78 is 19.6. The van der Waals surface area contributed by atoms with Gasteiger partial charge in [-0.05, 0) is 37.3 Å². The Labute approximate surface area is 120 Å². The predicted octanol–water partition coefficient (Wildman–Crippen LogP) is 2.65. The fourth-order valence-electron chi connectivity index (χ4n) is 2.65. The van der Waals surface area contributed by atoms with E-state index in [9.17, 15) is 9.50 Å². The predicted molar refractivity (Wildman–Crippen MR) is 77.4 cm³/mol. The zero-order valence-corrected chi connectivity index (χ0v) is 12.4. The number of aliphatic hydroxyl groups is 1. The van der Waals surface area contributed by atoms with Crippen LogP contribution in [-0.4, -0.2) is 29.9 Å². The van der Waals surface area contributed by atoms with Crippen LogP contribution in [0, 0.1) is 18.7 Å². The zero-order chi connectivity index (χ0) is 14.8. The number of benzene rings is 1. The van der Waals surface area contributed by atoms with Gasteiger partial charge in [-0.2, -0.15) is 0 Å². The lowest BCUT2D eigenvalue weighted by Crippen LogP contribution is -2.57. The van der Waals surface area contributed by atoms with Gasteiger partial charge in [-0.15, -0.1) is 0 Å². The summed E-state index contributed by atoms with van der Waals surface area (Å²) in [7, 11) is 0. The molecule has 0 heterocycles. The summed E-state index contributed by atoms with van der Waals surface area (Å²) in [6.45, 7) is 6.09. The minimum atomic E-state index is -0.468. The van der Waals surface area contributed by atoms with Gasteiger partial charge in [-0.25, -0.2) is 4.39 Å². The first-order valence-corrected chi connectivity index (χ1v) is 7.25. The Bertz CT molecular complexity index is 460. The van der Waals surface area contributed by atoms with Crippen molar-refractivity contribution in [2.45, 2.75) is 45.2 Å². The molecule has 3 nitrogen and oxygen atoms in total. The first-order chi connectivity index (χ1) is 9.48. The summed E-state index contributed by atoms with van der Waals surface area (Å²) >= 11 is 0. The molecule has 0 amide bonds. The van der Waals surface area contributed by atoms with Gasteiger partial charge < -0.3 is 15.2 Å². The van der Waals surface area contributed by atoms with Crippen LogP contribution in [0.3, 0.4) is 0 Å². The fraction of sp³-hybridized carbons (Fsp3) is 0.625. The molecule has 4 heteroatoms. The number of ether oxygens (including phenoxy) is 1. The van der Waals surface area contributed by atoms with Crippen molar-refractivity contribution in [1.82, 2.24) is 5.32 Å². The van der Waals surface area contributed by atoms with Gasteiger partial charge in [-0.1, -0.05) is 26.0 Å². The van der Waals surface area contributed by atoms with Crippen LogP contribution in [0.15, 0.2) is 18.2 Å². The lowest BCUT2D eigenvalue weighted by Gasteiger charge is -2.35. The van der Waals surface area contributed by atoms with Crippen LogP contribution in [-0.2, 0) is 0 Å². The van der Waals surface area contributed by atoms with Gasteiger partial charge in [0, 0.05) is 6.04 Å². The Kier molecular flexibility index (Phi) is 4.66. The first-order valence-electron chi connectivity index (χ1n) is 7.25. The molecular weight excluding hydrogens is 257 g/mol. The molecule has 0 radical (unpaired) electrons. The maximum absolute atomic E-state index is 14.0. The standard InChI is InChI=1S/C16H24FNO2/c1-11(2)18-16(9-19,13-7-8-13)10-20-14-6-4-5-12(3)15(14)17/h4-6,11,13,18-19H,7-10H2,1-3H3. The quantitative estimate of drug-likeness (QED) is 0.807. The van der Waals surface area contributed by atoms with Gasteiger partial charge >= 0.3 is 0 Å². The summed E-state index contributed by atoms with van der Waals surface area (Å²) in [6, 6.07) is 5.37. The number of aryl methyl sites for hydroxylation is 1. The van der Waals surface area contributed by atoms with Crippen molar-refractivity contribution in [3.8, 4) is 5.75 Å². The SMILES string of the molecule is Cc1cccc(OCC(CO)(NC(C)C)C2CC2)c1F. The lowest BCUT2D eigenvalue weighted by molar-refractivity contribution is 0.0761. The molecule has 2 rings (SSSR count). The molecule has 1 aromatic carbocycles. The lowest BCUT2D eigenvalue weighted by atomic mass is 9.94. The molecule has 1 unspecified atom stereocenters. The van der Waals surface area contributed by atoms with E-state index in [4.69, 9.17) is 4.74 Å². The molecule has 20 heavy (non-hydrogen) atoms. The second-order valence-corrected chi connectivity index (χ2v) is 6.06. The van der Waals surface area contributed by atoms with E-state index < -0.39 is 5.54 Å². The number of hydrogen-bond acceptors (Lipinski definition) is 3. The van der Waals surface area contributed by atoms with Crippen LogP contribution in [0.1, 0.15) is 32.3 Å². The van der Waals surface area contributed by atoms with Crippen LogP contribution < -0.4 is 10.1 Å². The number of rotatable bonds is 7. The summed E-state index contributed by atoms with van der Waals surface area (Å²) in [4.78, 5) is 0. The highest BCUT2D eigenvalue weighted by Gasteiger charge is 2.46. The molecule has 112 valence electrons. The normalized spacial score (nSPS) is 18.1. The van der Waals surface area contributed by atoms with Crippen molar-refractivity contribution < 1.29 is 14.2 Å². The van der Waals surface area contributed by atoms with Crippen molar-refractivity contribution in [3.63, 3.8) is 0 Å². The van der Waals surface area contributed by atoms with E-state index >= 15 is 0 Å². The van der Waals surface area contributed by atoms with Crippen LogP contribution in [0.5, 0.6) is 5.75 Å². The highest BCUT2D eigenvalue weighted by molar-refractivity contribution is 5.30. The van der Waals surface area contributed by atoms with E-state index in [0.717, 1.165) is 12.8 Å². The van der Waals surface area contributed by atoms with E-state index in [1.807, 2.05) is 13.8 Å². The van der Waals surface area contributed by atoms with Gasteiger partial charge in [0.05, 0.1) is 12.1 Å². The van der Waals surface area contributed by atoms with E-state index in [2.05, 4.69) is 5.32 Å². The highest BCUT2D eigenvalue weighted by Crippen LogP contribution is 2.40. The van der Waals surface area contributed by atoms with Gasteiger partial charge in [0.25, 0.3) is 0 Å². The minimum absolute atomic E-state index is 0.00326. The molecule has 1 saturated carbocycles. The molecule has 0 bridgehead atoms. The van der Waals surface area contributed by atoms with Gasteiger partial charge in [0.2, 0.25) is 0 Å². The molecule has 2 N–H and O–H groups in total. The average Bonchev–Trinajstić information content (AvgIpc) is 3.23. The molecule has 1 atom stereocenters. The molecule has 1 aliphatic carbocycles. The summed E-state index contributed by atoms with van der Waals surface area (Å²) in [5.74, 6) is 0.344. The van der Waals surface area contributed by atoms with Crippen LogP contribution in [0.25, 0.3) is 0 Å². The number of hydrogen-bond donors (Lipinski definition) is 2.